The van der Waals surface area contributed by atoms with Gasteiger partial charge in [-0.1, -0.05) is 88.7 Å². The number of fused-ring (bicyclic) bond motifs is 4. The molecular formula is C83H81BrN22O19. The molecule has 11 aromatic heterocycles. The van der Waals surface area contributed by atoms with Crippen LogP contribution < -0.4 is 41.4 Å². The van der Waals surface area contributed by atoms with Crippen LogP contribution in [0.2, 0.25) is 0 Å². The number of aromatic nitrogens is 19. The normalized spacial score (nSPS) is 11.3. The first-order chi connectivity index (χ1) is 59.3. The third-order valence-corrected chi connectivity index (χ3v) is 16.6. The second-order valence-corrected chi connectivity index (χ2v) is 30.9. The Kier molecular flexibility index (Phi) is 27.8. The molecular weight excluding hydrogens is 1690 g/mol. The number of nitro groups is 2. The Morgan fingerprint density at radius 3 is 1.03 bits per heavy atom. The first kappa shape index (κ1) is 89.9. The first-order valence-corrected chi connectivity index (χ1v) is 38.8. The van der Waals surface area contributed by atoms with Crippen LogP contribution in [0.25, 0.3) is 44.7 Å². The summed E-state index contributed by atoms with van der Waals surface area (Å²) < 4.78 is 52.6. The van der Waals surface area contributed by atoms with Crippen LogP contribution in [0, 0.1) is 27.2 Å². The van der Waals surface area contributed by atoms with Crippen LogP contribution in [-0.2, 0) is 37.4 Å². The van der Waals surface area contributed by atoms with Gasteiger partial charge in [0.05, 0.1) is 34.0 Å². The van der Waals surface area contributed by atoms with E-state index in [4.69, 9.17) is 43.6 Å². The highest BCUT2D eigenvalue weighted by Gasteiger charge is 2.32. The largest absolute Gasteiger partial charge is 0.443 e. The van der Waals surface area contributed by atoms with Crippen LogP contribution in [0.1, 0.15) is 106 Å². The Morgan fingerprint density at radius 2 is 0.704 bits per heavy atom. The first-order valence-electron chi connectivity index (χ1n) is 37.7. The summed E-state index contributed by atoms with van der Waals surface area (Å²) in [5, 5.41) is 21.5. The monoisotopic (exact) mass is 1770 g/mol. The van der Waals surface area contributed by atoms with Gasteiger partial charge in [-0.05, 0) is 163 Å². The minimum absolute atomic E-state index is 0.0374. The molecule has 0 amide bonds. The lowest BCUT2D eigenvalue weighted by atomic mass is 10.2. The molecule has 0 saturated carbocycles. The smallest absolute Gasteiger partial charge is 0.421 e. The predicted octanol–water partition coefficient (Wildman–Crippen LogP) is 15.0. The lowest BCUT2D eigenvalue weighted by Gasteiger charge is -2.20. The Balaban J connectivity index is 0.000000157. The molecule has 42 heteroatoms. The number of imidazole rings is 4. The third-order valence-electron chi connectivity index (χ3n) is 16.1. The number of H-pyrrole nitrogens is 1. The number of nitrogens with zero attached hydrogens (tertiary/aromatic N) is 20. The molecule has 41 nitrogen and oxygen atoms in total. The molecule has 4 aromatic carbocycles. The van der Waals surface area contributed by atoms with Gasteiger partial charge in [-0.15, -0.1) is 0 Å². The number of aryl methyl sites for hydroxylation is 1. The Bertz CT molecular complexity index is 6630. The van der Waals surface area contributed by atoms with Crippen molar-refractivity contribution in [3.05, 3.63) is 276 Å². The molecule has 11 heterocycles. The van der Waals surface area contributed by atoms with Crippen molar-refractivity contribution in [2.45, 2.75) is 131 Å². The minimum Gasteiger partial charge on any atom is -0.443 e. The molecule has 0 aliphatic rings. The molecule has 0 unspecified atom stereocenters. The summed E-state index contributed by atoms with van der Waals surface area (Å²) in [7, 11) is 0. The van der Waals surface area contributed by atoms with Crippen LogP contribution in [0.15, 0.2) is 216 Å². The van der Waals surface area contributed by atoms with Gasteiger partial charge in [-0.2, -0.15) is 19.9 Å². The second kappa shape index (κ2) is 38.6. The number of nitrogens with one attached hydrogen (secondary N) is 1. The van der Waals surface area contributed by atoms with Gasteiger partial charge in [0, 0.05) is 30.7 Å². The van der Waals surface area contributed by atoms with Crippen molar-refractivity contribution in [1.82, 2.24) is 92.2 Å². The van der Waals surface area contributed by atoms with Gasteiger partial charge in [0.25, 0.3) is 29.1 Å². The number of carbonyl (C=O) groups is 4. The number of para-hydroxylation sites is 4. The van der Waals surface area contributed by atoms with Gasteiger partial charge in [0.2, 0.25) is 0 Å². The van der Waals surface area contributed by atoms with Crippen molar-refractivity contribution in [3.8, 4) is 46.5 Å². The number of hydrogen-bond acceptors (Lipinski definition) is 32. The Labute approximate surface area is 716 Å². The highest BCUT2D eigenvalue weighted by Crippen LogP contribution is 2.33. The number of pyridine rings is 3. The SMILES string of the molecule is CC(C)(C)OC(=O)n1c(CBr)nc2c(Oc3ccccc3)ncnc21.CC(C)(C)OC(=O)n1c(Cn2cccc(N)c2=O)nc2c(Oc3ccccc3)ncnc21.CC(C)(C)OC(=O)n1c(Cn2cccc([N+](=O)[O-])c2=O)nc2c(Oc3ccccc3)ncnc21.Cc1nc2c(Oc3ccccc3)ncnc2n1C(=O)OC(C)(C)C.O=c1[nH]cccc1[N+](=O)[O-]. The highest BCUT2D eigenvalue weighted by atomic mass is 79.9. The number of carbonyl (C=O) groups excluding carboxylic acids is 4. The van der Waals surface area contributed by atoms with Gasteiger partial charge in [0.1, 0.15) is 94.0 Å². The van der Waals surface area contributed by atoms with E-state index in [1.165, 1.54) is 74.2 Å². The standard InChI is InChI=1S/C22H20N6O6.C22H22N6O4.C17H17BrN4O3.C17H18N4O3.C5H4N2O3/c1-22(2,3)34-21(30)27-16(12-26-11-7-10-15(20(26)29)28(31)32)25-17-18(27)23-13-24-19(17)33-14-8-5-4-6-9-14;1-22(2,3)32-21(30)28-16(12-27-11-7-10-15(23)20(27)29)26-17-18(28)24-13-25-19(17)31-14-8-5-4-6-9-14;1-17(2,3)25-16(23)22-12(9-18)21-13-14(22)19-10-20-15(13)24-11-7-5-4-6-8-11;1-11-20-13-14(21(11)16(22)24-17(2,3)4)18-10-19-15(13)23-12-8-6-5-7-9-12;8-5-4(7(9)10)2-1-3-6-5/h4-11,13H,12H2,1-3H3;4-11,13H,12,23H2,1-3H3;4-8,10H,9H2,1-3H3;5-10H,1-4H3;1-3H,(H,6,8). The zero-order valence-electron chi connectivity index (χ0n) is 69.3. The van der Waals surface area contributed by atoms with E-state index in [0.29, 0.717) is 62.3 Å². The van der Waals surface area contributed by atoms with Gasteiger partial charge in [0.15, 0.2) is 44.7 Å². The molecule has 0 aliphatic carbocycles. The topological polar surface area (TPSA) is 506 Å². The lowest BCUT2D eigenvalue weighted by molar-refractivity contribution is -0.386. The van der Waals surface area contributed by atoms with Crippen LogP contribution in [0.5, 0.6) is 46.5 Å². The van der Waals surface area contributed by atoms with Crippen molar-refractivity contribution in [2.24, 2.45) is 0 Å². The molecule has 15 aromatic rings. The fourth-order valence-corrected chi connectivity index (χ4v) is 11.5. The van der Waals surface area contributed by atoms with E-state index in [0.717, 1.165) is 21.3 Å². The van der Waals surface area contributed by atoms with Gasteiger partial charge in [-0.3, -0.25) is 34.6 Å². The number of anilines is 1. The summed E-state index contributed by atoms with van der Waals surface area (Å²) in [5.74, 6) is 4.31. The molecule has 0 fully saturated rings. The fraction of sp³-hybridized carbons (Fsp3) is 0.241. The molecule has 0 bridgehead atoms. The number of ether oxygens (including phenoxy) is 8. The van der Waals surface area contributed by atoms with Crippen molar-refractivity contribution < 1.29 is 66.9 Å². The van der Waals surface area contributed by atoms with Crippen LogP contribution in [-0.4, -0.2) is 149 Å². The number of rotatable bonds is 15. The van der Waals surface area contributed by atoms with Crippen LogP contribution >= 0.6 is 15.9 Å². The van der Waals surface area contributed by atoms with Crippen molar-refractivity contribution in [3.63, 3.8) is 0 Å². The maximum absolute atomic E-state index is 13.1. The molecule has 0 atom stereocenters. The molecule has 125 heavy (non-hydrogen) atoms. The zero-order chi connectivity index (χ0) is 90.2. The summed E-state index contributed by atoms with van der Waals surface area (Å²) in [6.45, 7) is 22.6. The number of halogens is 1. The number of hydrogen-bond donors (Lipinski definition) is 2. The summed E-state index contributed by atoms with van der Waals surface area (Å²) >= 11 is 3.35. The molecule has 15 rings (SSSR count). The summed E-state index contributed by atoms with van der Waals surface area (Å²) in [6.07, 6.45) is 6.88. The number of nitrogens with two attached hydrogens (primary N) is 1. The average molecular weight is 1770 g/mol. The molecule has 0 aliphatic heterocycles. The Morgan fingerprint density at radius 1 is 0.400 bits per heavy atom. The van der Waals surface area contributed by atoms with Gasteiger partial charge in [-0.25, -0.2) is 77.3 Å². The van der Waals surface area contributed by atoms with E-state index in [1.807, 2.05) is 84.9 Å². The van der Waals surface area contributed by atoms with Crippen molar-refractivity contribution in [2.75, 3.05) is 5.73 Å². The maximum atomic E-state index is 13.1. The average Bonchev–Trinajstić information content (AvgIpc) is 1.65. The van der Waals surface area contributed by atoms with Gasteiger partial charge >= 0.3 is 46.9 Å². The van der Waals surface area contributed by atoms with Crippen LogP contribution in [0.4, 0.5) is 36.2 Å². The molecule has 0 spiro atoms. The summed E-state index contributed by atoms with van der Waals surface area (Å²) in [4.78, 5) is 160. The quantitative estimate of drug-likeness (QED) is 0.0416. The lowest BCUT2D eigenvalue weighted by Crippen LogP contribution is -2.30. The summed E-state index contributed by atoms with van der Waals surface area (Å²) in [6, 6.07) is 44.5. The maximum Gasteiger partial charge on any atom is 0.421 e. The molecule has 644 valence electrons. The van der Waals surface area contributed by atoms with E-state index in [-0.39, 0.29) is 76.3 Å². The Hall–Kier alpha value is -15.9. The minimum atomic E-state index is -0.845. The fourth-order valence-electron chi connectivity index (χ4n) is 11.1. The van der Waals surface area contributed by atoms with Crippen LogP contribution in [0.3, 0.4) is 0 Å². The molecule has 3 N–H and O–H groups in total. The zero-order valence-corrected chi connectivity index (χ0v) is 70.9. The van der Waals surface area contributed by atoms with E-state index < -0.39 is 84.7 Å². The summed E-state index contributed by atoms with van der Waals surface area (Å²) in [5.41, 5.74) is 2.26. The third kappa shape index (κ3) is 23.2. The highest BCUT2D eigenvalue weighted by molar-refractivity contribution is 9.08. The predicted molar refractivity (Wildman–Crippen MR) is 456 cm³/mol. The molecule has 0 radical (unpaired) electrons. The van der Waals surface area contributed by atoms with Gasteiger partial charge < -0.3 is 57.7 Å². The van der Waals surface area contributed by atoms with E-state index in [9.17, 15) is 53.8 Å². The van der Waals surface area contributed by atoms with Crippen molar-refractivity contribution >= 4 is 102 Å². The number of nitrogen functional groups attached to an aromatic ring is 1. The van der Waals surface area contributed by atoms with E-state index >= 15 is 0 Å². The number of aromatic amines is 1. The second-order valence-electron chi connectivity index (χ2n) is 30.3. The number of alkyl halides is 1. The molecule has 0 saturated heterocycles. The van der Waals surface area contributed by atoms with E-state index in [1.54, 1.807) is 139 Å². The number of benzene rings is 4. The van der Waals surface area contributed by atoms with Crippen molar-refractivity contribution in [1.29, 1.82) is 0 Å². The van der Waals surface area contributed by atoms with E-state index in [2.05, 4.69) is 80.7 Å².